The van der Waals surface area contributed by atoms with Crippen molar-refractivity contribution in [1.82, 2.24) is 0 Å². The van der Waals surface area contributed by atoms with Crippen molar-refractivity contribution in [2.45, 2.75) is 11.8 Å². The van der Waals surface area contributed by atoms with Gasteiger partial charge < -0.3 is 0 Å². The molecule has 1 aromatic rings. The average Bonchev–Trinajstić information content (AvgIpc) is 2.57. The van der Waals surface area contributed by atoms with Crippen molar-refractivity contribution in [3.05, 3.63) is 35.4 Å². The van der Waals surface area contributed by atoms with Crippen LogP contribution in [-0.4, -0.2) is 16.9 Å². The largest absolute Gasteiger partial charge is 0.207 e. The lowest BCUT2D eigenvalue weighted by molar-refractivity contribution is 0.542. The summed E-state index contributed by atoms with van der Waals surface area (Å²) in [5.74, 6) is 1.20. The Morgan fingerprint density at radius 2 is 2.13 bits per heavy atom. The maximum absolute atomic E-state index is 13.3. The molecular formula is C11H11ClF2S. The molecule has 0 radical (unpaired) electrons. The topological polar surface area (TPSA) is 0 Å². The minimum atomic E-state index is -0.528. The van der Waals surface area contributed by atoms with E-state index in [-0.39, 0.29) is 5.38 Å². The maximum Gasteiger partial charge on any atom is 0.129 e. The van der Waals surface area contributed by atoms with Crippen LogP contribution in [0.1, 0.15) is 5.56 Å². The Balaban J connectivity index is 2.10. The third kappa shape index (κ3) is 2.64. The van der Waals surface area contributed by atoms with Crippen molar-refractivity contribution in [2.24, 2.45) is 5.92 Å². The molecule has 2 atom stereocenters. The molecule has 0 saturated carbocycles. The summed E-state index contributed by atoms with van der Waals surface area (Å²) >= 11 is 7.88. The van der Waals surface area contributed by atoms with E-state index in [4.69, 9.17) is 11.6 Å². The SMILES string of the molecule is Fc1ccc(CC2CSCC2Cl)c(F)c1. The smallest absolute Gasteiger partial charge is 0.129 e. The number of thioether (sulfide) groups is 1. The molecule has 1 fully saturated rings. The van der Waals surface area contributed by atoms with E-state index in [0.717, 1.165) is 17.6 Å². The zero-order valence-corrected chi connectivity index (χ0v) is 9.62. The summed E-state index contributed by atoms with van der Waals surface area (Å²) in [4.78, 5) is 0. The average molecular weight is 249 g/mol. The number of halogens is 3. The molecule has 0 N–H and O–H groups in total. The first-order valence-corrected chi connectivity index (χ1v) is 6.41. The van der Waals surface area contributed by atoms with Crippen LogP contribution in [0.3, 0.4) is 0 Å². The van der Waals surface area contributed by atoms with Crippen molar-refractivity contribution < 1.29 is 8.78 Å². The van der Waals surface area contributed by atoms with Gasteiger partial charge in [-0.05, 0) is 29.7 Å². The molecule has 0 bridgehead atoms. The zero-order chi connectivity index (χ0) is 10.8. The second-order valence-corrected chi connectivity index (χ2v) is 5.39. The molecule has 2 rings (SSSR count). The second-order valence-electron chi connectivity index (χ2n) is 3.75. The Hall–Kier alpha value is -0.280. The van der Waals surface area contributed by atoms with Gasteiger partial charge in [0.05, 0.1) is 0 Å². The van der Waals surface area contributed by atoms with E-state index < -0.39 is 11.6 Å². The molecule has 2 unspecified atom stereocenters. The van der Waals surface area contributed by atoms with E-state index in [1.54, 1.807) is 11.8 Å². The second kappa shape index (κ2) is 4.71. The number of benzene rings is 1. The minimum absolute atomic E-state index is 0.111. The van der Waals surface area contributed by atoms with Crippen molar-refractivity contribution in [3.63, 3.8) is 0 Å². The van der Waals surface area contributed by atoms with Gasteiger partial charge in [0.1, 0.15) is 11.6 Å². The normalized spacial score (nSPS) is 25.8. The van der Waals surface area contributed by atoms with Crippen LogP contribution in [0.4, 0.5) is 8.78 Å². The fraction of sp³-hybridized carbons (Fsp3) is 0.455. The minimum Gasteiger partial charge on any atom is -0.207 e. The molecule has 1 aliphatic rings. The van der Waals surface area contributed by atoms with Crippen molar-refractivity contribution in [1.29, 1.82) is 0 Å². The van der Waals surface area contributed by atoms with Gasteiger partial charge in [-0.2, -0.15) is 11.8 Å². The highest BCUT2D eigenvalue weighted by molar-refractivity contribution is 7.99. The molecule has 15 heavy (non-hydrogen) atoms. The van der Waals surface area contributed by atoms with E-state index in [1.807, 2.05) is 0 Å². The third-order valence-corrected chi connectivity index (χ3v) is 4.57. The van der Waals surface area contributed by atoms with E-state index in [9.17, 15) is 8.78 Å². The van der Waals surface area contributed by atoms with E-state index in [1.165, 1.54) is 12.1 Å². The Morgan fingerprint density at radius 3 is 2.73 bits per heavy atom. The highest BCUT2D eigenvalue weighted by Gasteiger charge is 2.26. The molecule has 1 heterocycles. The molecule has 1 aromatic carbocycles. The van der Waals surface area contributed by atoms with Crippen LogP contribution in [0.2, 0.25) is 0 Å². The molecule has 4 heteroatoms. The van der Waals surface area contributed by atoms with Gasteiger partial charge >= 0.3 is 0 Å². The summed E-state index contributed by atoms with van der Waals surface area (Å²) in [6.07, 6.45) is 0.604. The standard InChI is InChI=1S/C11H11ClF2S/c12-10-6-15-5-8(10)3-7-1-2-9(13)4-11(7)14/h1-2,4,8,10H,3,5-6H2. The third-order valence-electron chi connectivity index (χ3n) is 2.62. The summed E-state index contributed by atoms with van der Waals surface area (Å²) in [7, 11) is 0. The Bertz CT molecular complexity index is 356. The van der Waals surface area contributed by atoms with Gasteiger partial charge in [0, 0.05) is 17.2 Å². The van der Waals surface area contributed by atoms with Gasteiger partial charge in [0.15, 0.2) is 0 Å². The first-order chi connectivity index (χ1) is 7.16. The van der Waals surface area contributed by atoms with Crippen LogP contribution in [0.5, 0.6) is 0 Å². The van der Waals surface area contributed by atoms with Gasteiger partial charge in [0.2, 0.25) is 0 Å². The van der Waals surface area contributed by atoms with Crippen LogP contribution >= 0.6 is 23.4 Å². The number of rotatable bonds is 2. The first kappa shape index (κ1) is 11.2. The number of hydrogen-bond donors (Lipinski definition) is 0. The lowest BCUT2D eigenvalue weighted by atomic mass is 9.98. The van der Waals surface area contributed by atoms with E-state index in [0.29, 0.717) is 17.9 Å². The monoisotopic (exact) mass is 248 g/mol. The zero-order valence-electron chi connectivity index (χ0n) is 8.05. The Labute approximate surface area is 97.0 Å². The quantitative estimate of drug-likeness (QED) is 0.722. The summed E-state index contributed by atoms with van der Waals surface area (Å²) in [6.45, 7) is 0. The molecule has 1 saturated heterocycles. The molecule has 82 valence electrons. The Kier molecular flexibility index (Phi) is 3.52. The summed E-state index contributed by atoms with van der Waals surface area (Å²) in [5.41, 5.74) is 0.564. The van der Waals surface area contributed by atoms with E-state index >= 15 is 0 Å². The van der Waals surface area contributed by atoms with Gasteiger partial charge in [-0.1, -0.05) is 6.07 Å². The molecule has 1 aliphatic heterocycles. The number of alkyl halides is 1. The van der Waals surface area contributed by atoms with E-state index in [2.05, 4.69) is 0 Å². The van der Waals surface area contributed by atoms with Gasteiger partial charge in [-0.25, -0.2) is 8.78 Å². The van der Waals surface area contributed by atoms with Crippen LogP contribution in [0.15, 0.2) is 18.2 Å². The van der Waals surface area contributed by atoms with Gasteiger partial charge in [-0.15, -0.1) is 11.6 Å². The molecule has 0 aliphatic carbocycles. The molecule has 0 nitrogen and oxygen atoms in total. The molecular weight excluding hydrogens is 238 g/mol. The molecule has 0 spiro atoms. The lowest BCUT2D eigenvalue weighted by Gasteiger charge is -2.12. The van der Waals surface area contributed by atoms with Crippen LogP contribution in [-0.2, 0) is 6.42 Å². The predicted octanol–water partition coefficient (Wildman–Crippen LogP) is 3.48. The van der Waals surface area contributed by atoms with Crippen LogP contribution in [0.25, 0.3) is 0 Å². The number of hydrogen-bond acceptors (Lipinski definition) is 1. The Morgan fingerprint density at radius 1 is 1.33 bits per heavy atom. The fourth-order valence-corrected chi connectivity index (χ4v) is 3.57. The maximum atomic E-state index is 13.3. The highest BCUT2D eigenvalue weighted by atomic mass is 35.5. The lowest BCUT2D eigenvalue weighted by Crippen LogP contribution is -2.15. The summed E-state index contributed by atoms with van der Waals surface area (Å²) in [6, 6.07) is 3.74. The molecule has 0 aromatic heterocycles. The van der Waals surface area contributed by atoms with Crippen LogP contribution in [0, 0.1) is 17.6 Å². The van der Waals surface area contributed by atoms with Gasteiger partial charge in [-0.3, -0.25) is 0 Å². The fourth-order valence-electron chi connectivity index (χ4n) is 1.73. The highest BCUT2D eigenvalue weighted by Crippen LogP contribution is 2.31. The summed E-state index contributed by atoms with van der Waals surface area (Å²) < 4.78 is 26.0. The molecule has 0 amide bonds. The van der Waals surface area contributed by atoms with Crippen molar-refractivity contribution in [3.8, 4) is 0 Å². The summed E-state index contributed by atoms with van der Waals surface area (Å²) in [5, 5.41) is 0.111. The van der Waals surface area contributed by atoms with Crippen LogP contribution < -0.4 is 0 Å². The predicted molar refractivity (Wildman–Crippen MR) is 60.5 cm³/mol. The van der Waals surface area contributed by atoms with Crippen molar-refractivity contribution in [2.75, 3.05) is 11.5 Å². The van der Waals surface area contributed by atoms with Crippen molar-refractivity contribution >= 4 is 23.4 Å². The van der Waals surface area contributed by atoms with Gasteiger partial charge in [0.25, 0.3) is 0 Å². The first-order valence-electron chi connectivity index (χ1n) is 4.82.